The maximum absolute atomic E-state index is 11.3. The third-order valence-electron chi connectivity index (χ3n) is 0.459. The fourth-order valence-corrected chi connectivity index (χ4v) is 0.175. The number of hydrogen-bond donors (Lipinski definition) is 0. The first-order chi connectivity index (χ1) is 4.63. The van der Waals surface area contributed by atoms with Crippen LogP contribution in [0.1, 0.15) is 0 Å². The van der Waals surface area contributed by atoms with Crippen molar-refractivity contribution in [1.82, 2.24) is 0 Å². The topological polar surface area (TPSA) is 12.4 Å². The highest BCUT2D eigenvalue weighted by atomic mass is 19.4. The molecule has 0 unspecified atom stereocenters. The van der Waals surface area contributed by atoms with Gasteiger partial charge in [-0.1, -0.05) is 0 Å². The number of rotatable bonds is 0. The van der Waals surface area contributed by atoms with Gasteiger partial charge >= 0.3 is 12.5 Å². The van der Waals surface area contributed by atoms with E-state index in [1.165, 1.54) is 0 Å². The Morgan fingerprint density at radius 3 is 1.36 bits per heavy atom. The molecule has 1 nitrogen and oxygen atoms in total. The van der Waals surface area contributed by atoms with Crippen LogP contribution in [0, 0.1) is 0 Å². The molecular formula is C3F7N. The molecule has 0 aromatic heterocycles. The Morgan fingerprint density at radius 1 is 0.909 bits per heavy atom. The summed E-state index contributed by atoms with van der Waals surface area (Å²) in [5, 5.41) is 0. The number of hydrogen-bond acceptors (Lipinski definition) is 1. The Morgan fingerprint density at radius 2 is 1.27 bits per heavy atom. The average molecular weight is 183 g/mol. The van der Waals surface area contributed by atoms with Gasteiger partial charge in [-0.05, 0) is 0 Å². The maximum atomic E-state index is 11.3. The molecule has 0 atom stereocenters. The normalized spacial score (nSPS) is 15.4. The lowest BCUT2D eigenvalue weighted by atomic mass is 10.7. The first-order valence-corrected chi connectivity index (χ1v) is 2.02. The fraction of sp³-hybridized carbons (Fsp3) is 0.667. The molecule has 0 aliphatic rings. The summed E-state index contributed by atoms with van der Waals surface area (Å²) in [6.07, 6.45) is -11.2. The van der Waals surface area contributed by atoms with Crippen LogP contribution in [0.4, 0.5) is 30.7 Å². The largest absolute Gasteiger partial charge is 0.505 e. The lowest BCUT2D eigenvalue weighted by molar-refractivity contribution is -0.127. The van der Waals surface area contributed by atoms with Crippen LogP contribution in [-0.4, -0.2) is 18.4 Å². The zero-order valence-corrected chi connectivity index (χ0v) is 4.59. The van der Waals surface area contributed by atoms with E-state index in [1.54, 1.807) is 0 Å². The van der Waals surface area contributed by atoms with E-state index in [4.69, 9.17) is 0 Å². The van der Waals surface area contributed by atoms with E-state index in [-0.39, 0.29) is 0 Å². The molecule has 0 spiro atoms. The number of aliphatic imine (C=N–C) groups is 1. The van der Waals surface area contributed by atoms with Gasteiger partial charge in [-0.15, -0.1) is 13.2 Å². The molecule has 11 heavy (non-hydrogen) atoms. The van der Waals surface area contributed by atoms with Crippen LogP contribution in [0.2, 0.25) is 0 Å². The van der Waals surface area contributed by atoms with Crippen molar-refractivity contribution in [3.63, 3.8) is 0 Å². The first-order valence-electron chi connectivity index (χ1n) is 2.02. The Hall–Kier alpha value is -0.820. The van der Waals surface area contributed by atoms with Gasteiger partial charge in [-0.3, -0.25) is 0 Å². The van der Waals surface area contributed by atoms with Gasteiger partial charge in [0.15, 0.2) is 0 Å². The van der Waals surface area contributed by atoms with E-state index in [1.807, 2.05) is 0 Å². The van der Waals surface area contributed by atoms with Crippen LogP contribution in [-0.2, 0) is 0 Å². The predicted molar refractivity (Wildman–Crippen MR) is 20.7 cm³/mol. The van der Waals surface area contributed by atoms with E-state index in [0.717, 1.165) is 4.99 Å². The van der Waals surface area contributed by atoms with Crippen molar-refractivity contribution < 1.29 is 30.7 Å². The monoisotopic (exact) mass is 183 g/mol. The quantitative estimate of drug-likeness (QED) is 0.310. The van der Waals surface area contributed by atoms with Gasteiger partial charge in [0, 0.05) is 0 Å². The van der Waals surface area contributed by atoms with Gasteiger partial charge in [-0.25, -0.2) is 0 Å². The van der Waals surface area contributed by atoms with Crippen LogP contribution in [0.25, 0.3) is 0 Å². The molecule has 0 heterocycles. The first kappa shape index (κ1) is 10.2. The Kier molecular flexibility index (Phi) is 2.47. The van der Waals surface area contributed by atoms with Gasteiger partial charge in [-0.2, -0.15) is 22.6 Å². The summed E-state index contributed by atoms with van der Waals surface area (Å²) in [7, 11) is 0. The average Bonchev–Trinajstić information content (AvgIpc) is 1.56. The third kappa shape index (κ3) is 4.57. The van der Waals surface area contributed by atoms with Crippen molar-refractivity contribution in [1.29, 1.82) is 0 Å². The standard InChI is InChI=1S/C3F7N/c4-1(2(5,6)7)11-3(8,9)10/b11-1+. The molecule has 0 radical (unpaired) electrons. The molecule has 0 aliphatic heterocycles. The van der Waals surface area contributed by atoms with E-state index in [2.05, 4.69) is 0 Å². The van der Waals surface area contributed by atoms with Crippen molar-refractivity contribution in [2.75, 3.05) is 0 Å². The third-order valence-corrected chi connectivity index (χ3v) is 0.459. The van der Waals surface area contributed by atoms with Crippen molar-refractivity contribution in [3.05, 3.63) is 0 Å². The number of alkyl halides is 6. The molecule has 0 fully saturated rings. The van der Waals surface area contributed by atoms with Gasteiger partial charge in [0.05, 0.1) is 0 Å². The van der Waals surface area contributed by atoms with Crippen molar-refractivity contribution >= 4 is 5.97 Å². The Labute approximate surface area is 55.5 Å². The summed E-state index contributed by atoms with van der Waals surface area (Å²) in [4.78, 5) is 0.806. The smallest absolute Gasteiger partial charge is 0.180 e. The fourth-order valence-electron chi connectivity index (χ4n) is 0.175. The molecule has 0 bridgehead atoms. The molecule has 8 heteroatoms. The highest BCUT2D eigenvalue weighted by Crippen LogP contribution is 2.24. The van der Waals surface area contributed by atoms with Gasteiger partial charge in [0.25, 0.3) is 5.97 Å². The summed E-state index contributed by atoms with van der Waals surface area (Å²) in [5.41, 5.74) is 0. The summed E-state index contributed by atoms with van der Waals surface area (Å²) in [6, 6.07) is 0. The highest BCUT2D eigenvalue weighted by Gasteiger charge is 2.41. The van der Waals surface area contributed by atoms with E-state index < -0.39 is 18.4 Å². The molecule has 0 aromatic carbocycles. The van der Waals surface area contributed by atoms with Crippen LogP contribution in [0.3, 0.4) is 0 Å². The second-order valence-corrected chi connectivity index (χ2v) is 1.37. The van der Waals surface area contributed by atoms with Crippen LogP contribution in [0.15, 0.2) is 4.99 Å². The minimum atomic E-state index is -5.67. The zero-order valence-electron chi connectivity index (χ0n) is 4.59. The van der Waals surface area contributed by atoms with Crippen LogP contribution < -0.4 is 0 Å². The molecular weight excluding hydrogens is 183 g/mol. The van der Waals surface area contributed by atoms with Crippen molar-refractivity contribution in [2.24, 2.45) is 4.99 Å². The molecule has 0 N–H and O–H groups in total. The van der Waals surface area contributed by atoms with Crippen molar-refractivity contribution in [3.8, 4) is 0 Å². The summed E-state index contributed by atoms with van der Waals surface area (Å²) < 4.78 is 77.0. The molecule has 0 aromatic rings. The Balaban J connectivity index is 4.49. The Bertz CT molecular complexity index is 162. The summed E-state index contributed by atoms with van der Waals surface area (Å²) in [6.45, 7) is 0. The summed E-state index contributed by atoms with van der Waals surface area (Å²) in [5.74, 6) is -3.40. The van der Waals surface area contributed by atoms with Gasteiger partial charge < -0.3 is 0 Å². The molecule has 0 saturated carbocycles. The molecule has 0 saturated heterocycles. The lowest BCUT2D eigenvalue weighted by Crippen LogP contribution is -2.21. The minimum Gasteiger partial charge on any atom is -0.180 e. The molecule has 0 aliphatic carbocycles. The number of halogens is 7. The zero-order chi connectivity index (χ0) is 9.28. The van der Waals surface area contributed by atoms with E-state index >= 15 is 0 Å². The summed E-state index contributed by atoms with van der Waals surface area (Å²) >= 11 is 0. The predicted octanol–water partition coefficient (Wildman–Crippen LogP) is 2.44. The molecule has 0 amide bonds. The maximum Gasteiger partial charge on any atom is 0.505 e. The second-order valence-electron chi connectivity index (χ2n) is 1.37. The van der Waals surface area contributed by atoms with Gasteiger partial charge in [0.2, 0.25) is 0 Å². The lowest BCUT2D eigenvalue weighted by Gasteiger charge is -2.02. The highest BCUT2D eigenvalue weighted by molar-refractivity contribution is 5.80. The van der Waals surface area contributed by atoms with Crippen LogP contribution in [0.5, 0.6) is 0 Å². The second kappa shape index (κ2) is 2.67. The van der Waals surface area contributed by atoms with E-state index in [9.17, 15) is 30.7 Å². The number of nitrogens with zero attached hydrogens (tertiary/aromatic N) is 1. The molecule has 0 rings (SSSR count). The van der Waals surface area contributed by atoms with E-state index in [0.29, 0.717) is 0 Å². The van der Waals surface area contributed by atoms with Crippen molar-refractivity contribution in [2.45, 2.75) is 12.5 Å². The minimum absolute atomic E-state index is 0.806. The molecule has 66 valence electrons. The van der Waals surface area contributed by atoms with Crippen LogP contribution >= 0.6 is 0 Å². The SMILES string of the molecule is F/C(=N/C(F)(F)F)C(F)(F)F. The van der Waals surface area contributed by atoms with Gasteiger partial charge in [0.1, 0.15) is 0 Å².